The number of nitrogens with one attached hydrogen (secondary N) is 1. The first kappa shape index (κ1) is 11.5. The first-order valence-corrected chi connectivity index (χ1v) is 6.13. The van der Waals surface area contributed by atoms with Gasteiger partial charge in [0.2, 0.25) is 0 Å². The van der Waals surface area contributed by atoms with Gasteiger partial charge in [-0.15, -0.1) is 0 Å². The van der Waals surface area contributed by atoms with Gasteiger partial charge < -0.3 is 10.1 Å². The van der Waals surface area contributed by atoms with Crippen LogP contribution in [0.1, 0.15) is 5.56 Å². The van der Waals surface area contributed by atoms with Crippen LogP contribution in [0.5, 0.6) is 5.75 Å². The molecule has 1 atom stereocenters. The SMILES string of the molecule is O=C(Oc1ccccc1)C1C=Cc2ccccc2N1. The normalized spacial score (nSPS) is 16.3. The molecule has 19 heavy (non-hydrogen) atoms. The van der Waals surface area contributed by atoms with Crippen LogP contribution in [0.2, 0.25) is 0 Å². The Labute approximate surface area is 111 Å². The summed E-state index contributed by atoms with van der Waals surface area (Å²) in [4.78, 5) is 12.0. The van der Waals surface area contributed by atoms with E-state index < -0.39 is 6.04 Å². The van der Waals surface area contributed by atoms with Crippen LogP contribution in [-0.4, -0.2) is 12.0 Å². The molecular weight excluding hydrogens is 238 g/mol. The van der Waals surface area contributed by atoms with Crippen molar-refractivity contribution < 1.29 is 9.53 Å². The van der Waals surface area contributed by atoms with Crippen LogP contribution in [0.15, 0.2) is 60.7 Å². The molecular formula is C16H13NO2. The Morgan fingerprint density at radius 2 is 1.74 bits per heavy atom. The number of carbonyl (C=O) groups excluding carboxylic acids is 1. The molecule has 0 saturated carbocycles. The van der Waals surface area contributed by atoms with Crippen molar-refractivity contribution in [1.29, 1.82) is 0 Å². The highest BCUT2D eigenvalue weighted by molar-refractivity contribution is 5.88. The van der Waals surface area contributed by atoms with Crippen molar-refractivity contribution in [2.45, 2.75) is 6.04 Å². The van der Waals surface area contributed by atoms with E-state index in [9.17, 15) is 4.79 Å². The lowest BCUT2D eigenvalue weighted by atomic mass is 10.1. The van der Waals surface area contributed by atoms with Crippen LogP contribution in [0, 0.1) is 0 Å². The molecule has 2 aromatic carbocycles. The van der Waals surface area contributed by atoms with E-state index in [4.69, 9.17) is 4.74 Å². The third-order valence-electron chi connectivity index (χ3n) is 2.96. The Morgan fingerprint density at radius 3 is 2.58 bits per heavy atom. The summed E-state index contributed by atoms with van der Waals surface area (Å²) < 4.78 is 5.32. The second kappa shape index (κ2) is 4.98. The molecule has 2 aromatic rings. The minimum absolute atomic E-state index is 0.308. The number of benzene rings is 2. The quantitative estimate of drug-likeness (QED) is 0.658. The van der Waals surface area contributed by atoms with Crippen molar-refractivity contribution in [2.24, 2.45) is 0 Å². The predicted octanol–water partition coefficient (Wildman–Crippen LogP) is 3.10. The molecule has 94 valence electrons. The molecule has 0 fully saturated rings. The largest absolute Gasteiger partial charge is 0.425 e. The van der Waals surface area contributed by atoms with Gasteiger partial charge in [-0.1, -0.05) is 48.6 Å². The molecule has 0 spiro atoms. The van der Waals surface area contributed by atoms with Crippen LogP contribution >= 0.6 is 0 Å². The maximum absolute atomic E-state index is 12.0. The van der Waals surface area contributed by atoms with E-state index in [1.807, 2.05) is 54.6 Å². The zero-order valence-electron chi connectivity index (χ0n) is 10.2. The molecule has 1 unspecified atom stereocenters. The summed E-state index contributed by atoms with van der Waals surface area (Å²) in [6.07, 6.45) is 3.75. The zero-order chi connectivity index (χ0) is 13.1. The summed E-state index contributed by atoms with van der Waals surface area (Å²) in [5.74, 6) is 0.249. The zero-order valence-corrected chi connectivity index (χ0v) is 10.2. The Morgan fingerprint density at radius 1 is 1.00 bits per heavy atom. The summed E-state index contributed by atoms with van der Waals surface area (Å²) >= 11 is 0. The van der Waals surface area contributed by atoms with Crippen molar-refractivity contribution in [1.82, 2.24) is 0 Å². The Kier molecular flexibility index (Phi) is 3.02. The van der Waals surface area contributed by atoms with Crippen molar-refractivity contribution in [2.75, 3.05) is 5.32 Å². The third-order valence-corrected chi connectivity index (χ3v) is 2.96. The molecule has 0 aromatic heterocycles. The number of hydrogen-bond donors (Lipinski definition) is 1. The second-order valence-corrected chi connectivity index (χ2v) is 4.30. The third kappa shape index (κ3) is 2.50. The highest BCUT2D eigenvalue weighted by atomic mass is 16.5. The number of anilines is 1. The first-order chi connectivity index (χ1) is 9.33. The van der Waals surface area contributed by atoms with E-state index in [0.717, 1.165) is 11.3 Å². The molecule has 1 aliphatic heterocycles. The van der Waals surface area contributed by atoms with Crippen molar-refractivity contribution in [3.05, 3.63) is 66.2 Å². The van der Waals surface area contributed by atoms with Crippen LogP contribution in [0.3, 0.4) is 0 Å². The van der Waals surface area contributed by atoms with E-state index in [-0.39, 0.29) is 5.97 Å². The van der Waals surface area contributed by atoms with Crippen LogP contribution < -0.4 is 10.1 Å². The number of fused-ring (bicyclic) bond motifs is 1. The van der Waals surface area contributed by atoms with Gasteiger partial charge >= 0.3 is 5.97 Å². The van der Waals surface area contributed by atoms with Gasteiger partial charge in [-0.25, -0.2) is 4.79 Å². The first-order valence-electron chi connectivity index (χ1n) is 6.13. The highest BCUT2D eigenvalue weighted by Gasteiger charge is 2.21. The Bertz CT molecular complexity index is 620. The van der Waals surface area contributed by atoms with Crippen LogP contribution in [0.4, 0.5) is 5.69 Å². The summed E-state index contributed by atoms with van der Waals surface area (Å²) in [6.45, 7) is 0. The summed E-state index contributed by atoms with van der Waals surface area (Å²) in [6, 6.07) is 16.5. The predicted molar refractivity (Wildman–Crippen MR) is 75.0 cm³/mol. The van der Waals surface area contributed by atoms with E-state index in [2.05, 4.69) is 5.32 Å². The average Bonchev–Trinajstić information content (AvgIpc) is 2.48. The minimum atomic E-state index is -0.449. The van der Waals surface area contributed by atoms with E-state index in [1.165, 1.54) is 0 Å². The van der Waals surface area contributed by atoms with Crippen LogP contribution in [0.25, 0.3) is 6.08 Å². The second-order valence-electron chi connectivity index (χ2n) is 4.30. The van der Waals surface area contributed by atoms with Gasteiger partial charge in [0.25, 0.3) is 0 Å². The highest BCUT2D eigenvalue weighted by Crippen LogP contribution is 2.23. The van der Waals surface area contributed by atoms with E-state index in [0.29, 0.717) is 5.75 Å². The Hall–Kier alpha value is -2.55. The minimum Gasteiger partial charge on any atom is -0.425 e. The maximum atomic E-state index is 12.0. The van der Waals surface area contributed by atoms with Crippen LogP contribution in [-0.2, 0) is 4.79 Å². The average molecular weight is 251 g/mol. The van der Waals surface area contributed by atoms with Gasteiger partial charge in [0.15, 0.2) is 0 Å². The molecule has 1 N–H and O–H groups in total. The smallest absolute Gasteiger partial charge is 0.338 e. The molecule has 0 amide bonds. The maximum Gasteiger partial charge on any atom is 0.338 e. The fourth-order valence-electron chi connectivity index (χ4n) is 1.99. The summed E-state index contributed by atoms with van der Waals surface area (Å²) in [5.41, 5.74) is 2.02. The van der Waals surface area contributed by atoms with E-state index in [1.54, 1.807) is 12.1 Å². The lowest BCUT2D eigenvalue weighted by Crippen LogP contribution is -2.33. The molecule has 3 heteroatoms. The lowest BCUT2D eigenvalue weighted by Gasteiger charge is -2.20. The lowest BCUT2D eigenvalue weighted by molar-refractivity contribution is -0.134. The molecule has 0 radical (unpaired) electrons. The summed E-state index contributed by atoms with van der Waals surface area (Å²) in [7, 11) is 0. The number of esters is 1. The molecule has 0 saturated heterocycles. The van der Waals surface area contributed by atoms with Gasteiger partial charge in [0.05, 0.1) is 0 Å². The van der Waals surface area contributed by atoms with Gasteiger partial charge in [0, 0.05) is 5.69 Å². The fraction of sp³-hybridized carbons (Fsp3) is 0.0625. The van der Waals surface area contributed by atoms with Gasteiger partial charge in [0.1, 0.15) is 11.8 Å². The topological polar surface area (TPSA) is 38.3 Å². The molecule has 0 aliphatic carbocycles. The van der Waals surface area contributed by atoms with Gasteiger partial charge in [-0.05, 0) is 23.8 Å². The molecule has 3 nitrogen and oxygen atoms in total. The van der Waals surface area contributed by atoms with Crippen molar-refractivity contribution >= 4 is 17.7 Å². The van der Waals surface area contributed by atoms with Crippen molar-refractivity contribution in [3.8, 4) is 5.75 Å². The van der Waals surface area contributed by atoms with Crippen molar-refractivity contribution in [3.63, 3.8) is 0 Å². The Balaban J connectivity index is 1.73. The monoisotopic (exact) mass is 251 g/mol. The molecule has 1 heterocycles. The van der Waals surface area contributed by atoms with Gasteiger partial charge in [-0.3, -0.25) is 0 Å². The molecule has 3 rings (SSSR count). The van der Waals surface area contributed by atoms with Gasteiger partial charge in [-0.2, -0.15) is 0 Å². The van der Waals surface area contributed by atoms with E-state index >= 15 is 0 Å². The standard InChI is InChI=1S/C16H13NO2/c18-16(19-13-7-2-1-3-8-13)15-11-10-12-6-4-5-9-14(12)17-15/h1-11,15,17H. The fourth-order valence-corrected chi connectivity index (χ4v) is 1.99. The number of carbonyl (C=O) groups is 1. The summed E-state index contributed by atoms with van der Waals surface area (Å²) in [5, 5.41) is 3.16. The molecule has 0 bridgehead atoms. The number of para-hydroxylation sites is 2. The number of rotatable bonds is 2. The number of ether oxygens (including phenoxy) is 1. The molecule has 1 aliphatic rings. The number of hydrogen-bond acceptors (Lipinski definition) is 3.